The van der Waals surface area contributed by atoms with Gasteiger partial charge in [-0.2, -0.15) is 0 Å². The maximum Gasteiger partial charge on any atom is 0.300 e. The monoisotopic (exact) mass is 493 g/mol. The number of halogens is 2. The van der Waals surface area contributed by atoms with Gasteiger partial charge in [-0.3, -0.25) is 14.5 Å². The fourth-order valence-electron chi connectivity index (χ4n) is 4.27. The normalized spacial score (nSPS) is 17.3. The summed E-state index contributed by atoms with van der Waals surface area (Å²) < 4.78 is 19.5. The van der Waals surface area contributed by atoms with Crippen molar-refractivity contribution in [2.45, 2.75) is 32.7 Å². The second kappa shape index (κ2) is 9.92. The van der Waals surface area contributed by atoms with Gasteiger partial charge < -0.3 is 9.84 Å². The second-order valence-corrected chi connectivity index (χ2v) is 8.93. The van der Waals surface area contributed by atoms with E-state index in [4.69, 9.17) is 16.3 Å². The average Bonchev–Trinajstić information content (AvgIpc) is 3.11. The molecule has 180 valence electrons. The lowest BCUT2D eigenvalue weighted by Crippen LogP contribution is -2.29. The molecule has 1 aliphatic rings. The van der Waals surface area contributed by atoms with Gasteiger partial charge in [0.1, 0.15) is 17.3 Å². The van der Waals surface area contributed by atoms with Gasteiger partial charge in [0.25, 0.3) is 11.7 Å². The highest BCUT2D eigenvalue weighted by Gasteiger charge is 2.47. The first-order valence-corrected chi connectivity index (χ1v) is 11.7. The number of carbonyl (C=O) groups is 2. The fourth-order valence-corrected chi connectivity index (χ4v) is 4.45. The zero-order chi connectivity index (χ0) is 25.3. The molecule has 1 heterocycles. The van der Waals surface area contributed by atoms with Crippen LogP contribution in [0.15, 0.2) is 72.3 Å². The van der Waals surface area contributed by atoms with Crippen LogP contribution in [0.1, 0.15) is 49.4 Å². The smallest absolute Gasteiger partial charge is 0.300 e. The van der Waals surface area contributed by atoms with Crippen molar-refractivity contribution >= 4 is 34.7 Å². The van der Waals surface area contributed by atoms with Gasteiger partial charge in [0.15, 0.2) is 0 Å². The van der Waals surface area contributed by atoms with Crippen LogP contribution in [0.25, 0.3) is 5.76 Å². The molecule has 1 aliphatic heterocycles. The molecule has 1 fully saturated rings. The van der Waals surface area contributed by atoms with E-state index in [-0.39, 0.29) is 28.0 Å². The Kier molecular flexibility index (Phi) is 6.94. The number of anilines is 1. The van der Waals surface area contributed by atoms with Crippen molar-refractivity contribution in [1.29, 1.82) is 0 Å². The minimum Gasteiger partial charge on any atom is -0.507 e. The molecule has 1 unspecified atom stereocenters. The molecule has 0 radical (unpaired) electrons. The minimum atomic E-state index is -0.924. The van der Waals surface area contributed by atoms with E-state index in [1.807, 2.05) is 26.8 Å². The molecule has 0 aliphatic carbocycles. The summed E-state index contributed by atoms with van der Waals surface area (Å²) in [6, 6.07) is 17.0. The molecule has 3 aromatic carbocycles. The Bertz CT molecular complexity index is 1320. The van der Waals surface area contributed by atoms with Gasteiger partial charge >= 0.3 is 0 Å². The van der Waals surface area contributed by atoms with Crippen molar-refractivity contribution in [2.24, 2.45) is 0 Å². The molecule has 7 heteroatoms. The van der Waals surface area contributed by atoms with E-state index in [0.29, 0.717) is 23.5 Å². The number of hydrogen-bond acceptors (Lipinski definition) is 4. The zero-order valence-corrected chi connectivity index (χ0v) is 20.3. The molecule has 1 amide bonds. The maximum absolute atomic E-state index is 13.8. The van der Waals surface area contributed by atoms with Crippen LogP contribution in [0.4, 0.5) is 10.1 Å². The highest BCUT2D eigenvalue weighted by Crippen LogP contribution is 2.43. The largest absolute Gasteiger partial charge is 0.507 e. The van der Waals surface area contributed by atoms with Crippen molar-refractivity contribution in [3.05, 3.63) is 99.8 Å². The Labute approximate surface area is 208 Å². The third kappa shape index (κ3) is 4.54. The van der Waals surface area contributed by atoms with Gasteiger partial charge in [-0.05, 0) is 60.4 Å². The Hall–Kier alpha value is -3.64. The van der Waals surface area contributed by atoms with E-state index in [2.05, 4.69) is 0 Å². The molecule has 1 saturated heterocycles. The number of ether oxygens (including phenoxy) is 1. The quantitative estimate of drug-likeness (QED) is 0.238. The number of ketones is 1. The van der Waals surface area contributed by atoms with Gasteiger partial charge in [0.05, 0.1) is 23.2 Å². The third-order valence-electron chi connectivity index (χ3n) is 5.95. The molecule has 4 rings (SSSR count). The van der Waals surface area contributed by atoms with E-state index >= 15 is 0 Å². The van der Waals surface area contributed by atoms with Crippen LogP contribution < -0.4 is 9.64 Å². The highest BCUT2D eigenvalue weighted by molar-refractivity contribution is 6.51. The molecular formula is C28H25ClFNO4. The Morgan fingerprint density at radius 1 is 1.09 bits per heavy atom. The summed E-state index contributed by atoms with van der Waals surface area (Å²) in [6.07, 6.45) is 0. The molecule has 1 N–H and O–H groups in total. The molecule has 1 atom stereocenters. The van der Waals surface area contributed by atoms with E-state index in [1.54, 1.807) is 42.5 Å². The van der Waals surface area contributed by atoms with Gasteiger partial charge in [-0.15, -0.1) is 0 Å². The van der Waals surface area contributed by atoms with E-state index in [0.717, 1.165) is 11.6 Å². The molecule has 3 aromatic rings. The summed E-state index contributed by atoms with van der Waals surface area (Å²) in [5.41, 5.74) is 2.07. The number of amides is 1. The molecule has 0 saturated carbocycles. The minimum absolute atomic E-state index is 0.0551. The number of Topliss-reactive ketones (excluding diaryl/α,β-unsaturated/α-hetero) is 1. The lowest BCUT2D eigenvalue weighted by Gasteiger charge is -2.25. The topological polar surface area (TPSA) is 66.8 Å². The van der Waals surface area contributed by atoms with Crippen molar-refractivity contribution < 1.29 is 23.8 Å². The van der Waals surface area contributed by atoms with Crippen LogP contribution in [-0.4, -0.2) is 23.4 Å². The van der Waals surface area contributed by atoms with Crippen LogP contribution >= 0.6 is 11.6 Å². The number of benzene rings is 3. The molecule has 5 nitrogen and oxygen atoms in total. The number of hydrogen-bond donors (Lipinski definition) is 1. The first kappa shape index (κ1) is 24.5. The first-order valence-electron chi connectivity index (χ1n) is 11.3. The van der Waals surface area contributed by atoms with Gasteiger partial charge in [0, 0.05) is 11.3 Å². The predicted octanol–water partition coefficient (Wildman–Crippen LogP) is 6.63. The van der Waals surface area contributed by atoms with Gasteiger partial charge in [0.2, 0.25) is 0 Å². The molecule has 35 heavy (non-hydrogen) atoms. The number of aliphatic hydroxyl groups excluding tert-OH is 1. The predicted molar refractivity (Wildman–Crippen MR) is 134 cm³/mol. The lowest BCUT2D eigenvalue weighted by atomic mass is 9.93. The SMILES string of the molecule is CCOc1ccc(/C(O)=C2/C(=O)C(=O)N(c3ccc(F)c(Cl)c3)C2c2ccccc2)cc1C(C)C. The summed E-state index contributed by atoms with van der Waals surface area (Å²) in [5.74, 6) is -1.82. The number of carbonyl (C=O) groups excluding carboxylic acids is 2. The van der Waals surface area contributed by atoms with Gasteiger partial charge in [-0.1, -0.05) is 55.8 Å². The summed E-state index contributed by atoms with van der Waals surface area (Å²) >= 11 is 5.98. The van der Waals surface area contributed by atoms with Crippen LogP contribution in [-0.2, 0) is 9.59 Å². The first-order chi connectivity index (χ1) is 16.7. The third-order valence-corrected chi connectivity index (χ3v) is 6.24. The molecule has 0 spiro atoms. The zero-order valence-electron chi connectivity index (χ0n) is 19.6. The fraction of sp³-hybridized carbons (Fsp3) is 0.214. The van der Waals surface area contributed by atoms with Crippen LogP contribution in [0.3, 0.4) is 0 Å². The van der Waals surface area contributed by atoms with Gasteiger partial charge in [-0.25, -0.2) is 4.39 Å². The van der Waals surface area contributed by atoms with E-state index < -0.39 is 23.5 Å². The lowest BCUT2D eigenvalue weighted by molar-refractivity contribution is -0.132. The summed E-state index contributed by atoms with van der Waals surface area (Å²) in [5, 5.41) is 11.2. The Morgan fingerprint density at radius 2 is 1.80 bits per heavy atom. The van der Waals surface area contributed by atoms with Crippen LogP contribution in [0.5, 0.6) is 5.75 Å². The molecule has 0 aromatic heterocycles. The van der Waals surface area contributed by atoms with Crippen molar-refractivity contribution in [3.8, 4) is 5.75 Å². The Morgan fingerprint density at radius 3 is 2.43 bits per heavy atom. The Balaban J connectivity index is 1.92. The number of aliphatic hydroxyl groups is 1. The standard InChI is InChI=1S/C28H25ClFNO4/c1-4-35-23-13-10-18(14-20(23)16(2)3)26(32)24-25(17-8-6-5-7-9-17)31(28(34)27(24)33)19-11-12-22(30)21(29)15-19/h5-16,25,32H,4H2,1-3H3/b26-24-. The molecular weight excluding hydrogens is 469 g/mol. The summed E-state index contributed by atoms with van der Waals surface area (Å²) in [7, 11) is 0. The molecule has 0 bridgehead atoms. The van der Waals surface area contributed by atoms with Crippen LogP contribution in [0.2, 0.25) is 5.02 Å². The summed E-state index contributed by atoms with van der Waals surface area (Å²) in [4.78, 5) is 27.7. The van der Waals surface area contributed by atoms with E-state index in [9.17, 15) is 19.1 Å². The van der Waals surface area contributed by atoms with Crippen molar-refractivity contribution in [1.82, 2.24) is 0 Å². The highest BCUT2D eigenvalue weighted by atomic mass is 35.5. The number of rotatable bonds is 6. The average molecular weight is 494 g/mol. The summed E-state index contributed by atoms with van der Waals surface area (Å²) in [6.45, 7) is 6.39. The van der Waals surface area contributed by atoms with Crippen molar-refractivity contribution in [2.75, 3.05) is 11.5 Å². The number of nitrogens with zero attached hydrogens (tertiary/aromatic N) is 1. The van der Waals surface area contributed by atoms with Crippen molar-refractivity contribution in [3.63, 3.8) is 0 Å². The second-order valence-electron chi connectivity index (χ2n) is 8.52. The van der Waals surface area contributed by atoms with E-state index in [1.165, 1.54) is 17.0 Å². The van der Waals surface area contributed by atoms with Crippen LogP contribution in [0, 0.1) is 5.82 Å². The maximum atomic E-state index is 13.8.